The van der Waals surface area contributed by atoms with Gasteiger partial charge in [-0.05, 0) is 23.6 Å². The summed E-state index contributed by atoms with van der Waals surface area (Å²) in [4.78, 5) is 32.9. The lowest BCUT2D eigenvalue weighted by Crippen LogP contribution is -2.32. The number of anilines is 2. The van der Waals surface area contributed by atoms with Crippen molar-refractivity contribution in [3.8, 4) is 0 Å². The van der Waals surface area contributed by atoms with Gasteiger partial charge in [-0.2, -0.15) is 4.99 Å². The van der Waals surface area contributed by atoms with Crippen LogP contribution in [-0.2, 0) is 9.59 Å². The number of para-hydroxylation sites is 1. The quantitative estimate of drug-likeness (QED) is 0.397. The number of nitrogens with zero attached hydrogens (tertiary/aromatic N) is 2. The molecule has 1 aliphatic rings. The number of nitrogens with one attached hydrogen (secondary N) is 3. The predicted octanol–water partition coefficient (Wildman–Crippen LogP) is 2.45. The fraction of sp³-hybridized carbons (Fsp3) is 0.0909. The molecule has 0 spiro atoms. The van der Waals surface area contributed by atoms with Gasteiger partial charge in [-0.1, -0.05) is 54.6 Å². The number of guanidine groups is 2. The van der Waals surface area contributed by atoms with Crippen molar-refractivity contribution < 1.29 is 9.59 Å². The molecule has 0 fully saturated rings. The van der Waals surface area contributed by atoms with Crippen LogP contribution in [0.25, 0.3) is 10.8 Å². The lowest BCUT2D eigenvalue weighted by molar-refractivity contribution is -0.123. The maximum atomic E-state index is 12.5. The number of fused-ring (bicyclic) bond motifs is 1. The smallest absolute Gasteiger partial charge is 0.252 e. The van der Waals surface area contributed by atoms with Gasteiger partial charge < -0.3 is 16.4 Å². The number of benzene rings is 3. The summed E-state index contributed by atoms with van der Waals surface area (Å²) in [5.41, 5.74) is 7.31. The highest BCUT2D eigenvalue weighted by Crippen LogP contribution is 2.23. The molecule has 1 unspecified atom stereocenters. The second-order valence-corrected chi connectivity index (χ2v) is 6.72. The van der Waals surface area contributed by atoms with Gasteiger partial charge in [-0.15, -0.1) is 0 Å². The zero-order valence-electron chi connectivity index (χ0n) is 16.0. The molecule has 0 aromatic heterocycles. The van der Waals surface area contributed by atoms with Crippen LogP contribution in [0.1, 0.15) is 6.42 Å². The Morgan fingerprint density at radius 3 is 2.57 bits per heavy atom. The molecule has 0 saturated carbocycles. The van der Waals surface area contributed by atoms with Crippen molar-refractivity contribution in [1.29, 1.82) is 0 Å². The van der Waals surface area contributed by atoms with E-state index in [9.17, 15) is 9.59 Å². The van der Waals surface area contributed by atoms with Gasteiger partial charge in [0.05, 0.1) is 6.42 Å². The van der Waals surface area contributed by atoms with Gasteiger partial charge in [0.15, 0.2) is 0 Å². The maximum Gasteiger partial charge on any atom is 0.252 e. The van der Waals surface area contributed by atoms with Gasteiger partial charge >= 0.3 is 0 Å². The average Bonchev–Trinajstić information content (AvgIpc) is 3.07. The van der Waals surface area contributed by atoms with E-state index in [1.165, 1.54) is 0 Å². The fourth-order valence-electron chi connectivity index (χ4n) is 3.15. The molecule has 8 heteroatoms. The van der Waals surface area contributed by atoms with Crippen molar-refractivity contribution in [2.24, 2.45) is 15.7 Å². The molecule has 1 heterocycles. The summed E-state index contributed by atoms with van der Waals surface area (Å²) < 4.78 is 0. The molecule has 1 aliphatic heterocycles. The minimum Gasteiger partial charge on any atom is -0.369 e. The van der Waals surface area contributed by atoms with E-state index < -0.39 is 11.9 Å². The first kappa shape index (κ1) is 19.1. The van der Waals surface area contributed by atoms with E-state index in [0.29, 0.717) is 5.69 Å². The Bertz CT molecular complexity index is 1150. The Labute approximate surface area is 172 Å². The molecule has 0 saturated heterocycles. The third-order valence-electron chi connectivity index (χ3n) is 4.53. The van der Waals surface area contributed by atoms with Crippen LogP contribution in [-0.4, -0.2) is 29.8 Å². The monoisotopic (exact) mass is 400 g/mol. The van der Waals surface area contributed by atoms with E-state index in [0.717, 1.165) is 16.5 Å². The molecule has 0 bridgehead atoms. The standard InChI is InChI=1S/C22H20N6O2/c23-21(24-15-9-2-1-3-10-15)28-22-26-18(20(30)27-22)13-19(29)25-17-12-6-8-14-7-4-5-11-16(14)17/h1-12,18H,13H2,(H,25,29)(H4,23,24,26,27,28,30). The number of carbonyl (C=O) groups is 2. The Hall–Kier alpha value is -4.20. The molecule has 0 aliphatic carbocycles. The molecule has 1 atom stereocenters. The first-order valence-electron chi connectivity index (χ1n) is 9.41. The summed E-state index contributed by atoms with van der Waals surface area (Å²) in [5, 5.41) is 10.3. The zero-order valence-corrected chi connectivity index (χ0v) is 16.0. The number of hydrogen-bond donors (Lipinski definition) is 4. The summed E-state index contributed by atoms with van der Waals surface area (Å²) in [6.07, 6.45) is -0.0971. The molecule has 4 rings (SSSR count). The third-order valence-corrected chi connectivity index (χ3v) is 4.53. The van der Waals surface area contributed by atoms with Gasteiger partial charge in [-0.25, -0.2) is 4.99 Å². The molecular weight excluding hydrogens is 380 g/mol. The highest BCUT2D eigenvalue weighted by Gasteiger charge is 2.28. The summed E-state index contributed by atoms with van der Waals surface area (Å²) in [6, 6.07) is 21.8. The van der Waals surface area contributed by atoms with Crippen molar-refractivity contribution in [2.75, 3.05) is 10.6 Å². The molecular formula is C22H20N6O2. The maximum absolute atomic E-state index is 12.5. The highest BCUT2D eigenvalue weighted by molar-refractivity contribution is 6.12. The summed E-state index contributed by atoms with van der Waals surface area (Å²) in [6.45, 7) is 0. The number of hydrogen-bond acceptors (Lipinski definition) is 4. The first-order valence-corrected chi connectivity index (χ1v) is 9.41. The molecule has 2 amide bonds. The summed E-state index contributed by atoms with van der Waals surface area (Å²) in [5.74, 6) is -0.546. The largest absolute Gasteiger partial charge is 0.369 e. The molecule has 3 aromatic rings. The number of aliphatic imine (C=N–C) groups is 2. The van der Waals surface area contributed by atoms with Crippen molar-refractivity contribution in [1.82, 2.24) is 5.32 Å². The zero-order chi connectivity index (χ0) is 20.9. The number of carbonyl (C=O) groups excluding carboxylic acids is 2. The van der Waals surface area contributed by atoms with Crippen molar-refractivity contribution in [3.63, 3.8) is 0 Å². The predicted molar refractivity (Wildman–Crippen MR) is 118 cm³/mol. The summed E-state index contributed by atoms with van der Waals surface area (Å²) in [7, 11) is 0. The van der Waals surface area contributed by atoms with Crippen LogP contribution >= 0.6 is 0 Å². The molecule has 5 N–H and O–H groups in total. The van der Waals surface area contributed by atoms with Crippen molar-refractivity contribution in [3.05, 3.63) is 72.8 Å². The fourth-order valence-corrected chi connectivity index (χ4v) is 3.15. The van der Waals surface area contributed by atoms with Gasteiger partial charge in [0.2, 0.25) is 17.8 Å². The first-order chi connectivity index (χ1) is 14.6. The third kappa shape index (κ3) is 4.44. The van der Waals surface area contributed by atoms with E-state index in [1.807, 2.05) is 72.8 Å². The van der Waals surface area contributed by atoms with Crippen LogP contribution in [0.5, 0.6) is 0 Å². The molecule has 3 aromatic carbocycles. The van der Waals surface area contributed by atoms with Gasteiger partial charge in [0, 0.05) is 16.8 Å². The van der Waals surface area contributed by atoms with E-state index in [-0.39, 0.29) is 24.2 Å². The Kier molecular flexibility index (Phi) is 5.38. The molecule has 150 valence electrons. The van der Waals surface area contributed by atoms with Crippen LogP contribution in [0.4, 0.5) is 11.4 Å². The van der Waals surface area contributed by atoms with Crippen molar-refractivity contribution >= 4 is 45.9 Å². The van der Waals surface area contributed by atoms with E-state index in [1.54, 1.807) is 0 Å². The number of rotatable bonds is 4. The highest BCUT2D eigenvalue weighted by atomic mass is 16.2. The number of nitrogens with two attached hydrogens (primary N) is 1. The lowest BCUT2D eigenvalue weighted by Gasteiger charge is -2.09. The van der Waals surface area contributed by atoms with Gasteiger partial charge in [0.25, 0.3) is 5.91 Å². The molecule has 0 radical (unpaired) electrons. The molecule has 8 nitrogen and oxygen atoms in total. The van der Waals surface area contributed by atoms with Gasteiger partial charge in [-0.3, -0.25) is 14.9 Å². The van der Waals surface area contributed by atoms with Crippen LogP contribution in [0, 0.1) is 0 Å². The summed E-state index contributed by atoms with van der Waals surface area (Å²) >= 11 is 0. The Morgan fingerprint density at radius 1 is 1.00 bits per heavy atom. The number of amides is 2. The van der Waals surface area contributed by atoms with E-state index in [4.69, 9.17) is 5.73 Å². The normalized spacial score (nSPS) is 16.1. The second kappa shape index (κ2) is 8.44. The SMILES string of the molecule is N/C(=N\C1=NC(CC(=O)Nc2cccc3ccccc23)C(=O)N1)Nc1ccccc1. The van der Waals surface area contributed by atoms with E-state index >= 15 is 0 Å². The molecule has 30 heavy (non-hydrogen) atoms. The average molecular weight is 400 g/mol. The van der Waals surface area contributed by atoms with E-state index in [2.05, 4.69) is 25.9 Å². The minimum absolute atomic E-state index is 0.0730. The Morgan fingerprint density at radius 2 is 1.73 bits per heavy atom. The van der Waals surface area contributed by atoms with Gasteiger partial charge in [0.1, 0.15) is 6.04 Å². The Balaban J connectivity index is 1.41. The van der Waals surface area contributed by atoms with Crippen LogP contribution < -0.4 is 21.7 Å². The van der Waals surface area contributed by atoms with Crippen LogP contribution in [0.3, 0.4) is 0 Å². The van der Waals surface area contributed by atoms with Crippen molar-refractivity contribution in [2.45, 2.75) is 12.5 Å². The minimum atomic E-state index is -0.858. The van der Waals surface area contributed by atoms with Crippen LogP contribution in [0.15, 0.2) is 82.8 Å². The second-order valence-electron chi connectivity index (χ2n) is 6.72. The van der Waals surface area contributed by atoms with Crippen LogP contribution in [0.2, 0.25) is 0 Å². The lowest BCUT2D eigenvalue weighted by atomic mass is 10.1. The topological polar surface area (TPSA) is 121 Å².